The normalized spacial score (nSPS) is 23.9. The fraction of sp³-hybridized carbons (Fsp3) is 0.644. The van der Waals surface area contributed by atoms with Crippen molar-refractivity contribution in [2.45, 2.75) is 208 Å². The summed E-state index contributed by atoms with van der Waals surface area (Å²) in [5, 5.41) is 4.28. The molecule has 0 radical (unpaired) electrons. The molecule has 2 saturated heterocycles. The summed E-state index contributed by atoms with van der Waals surface area (Å²) in [5.41, 5.74) is 0.955. The van der Waals surface area contributed by atoms with Gasteiger partial charge in [-0.25, -0.2) is 11.2 Å². The Kier molecular flexibility index (Phi) is 16.6. The molecule has 0 bridgehead atoms. The Bertz CT molecular complexity index is 3020. The number of nitrogens with one attached hydrogen (secondary N) is 1. The van der Waals surface area contributed by atoms with Gasteiger partial charge >= 0.3 is 344 Å². The molecular weight excluding hydrogens is 1120 g/mol. The van der Waals surface area contributed by atoms with Crippen LogP contribution in [0.5, 0.6) is 11.5 Å². The van der Waals surface area contributed by atoms with Gasteiger partial charge in [0, 0.05) is 18.7 Å². The van der Waals surface area contributed by atoms with Gasteiger partial charge in [-0.1, -0.05) is 6.92 Å². The number of nitrogens with zero attached hydrogens (tertiary/aromatic N) is 3. The second kappa shape index (κ2) is 21.3. The van der Waals surface area contributed by atoms with E-state index in [1.165, 1.54) is 0 Å². The van der Waals surface area contributed by atoms with E-state index in [0.717, 1.165) is 34.2 Å². The summed E-state index contributed by atoms with van der Waals surface area (Å²) in [7, 11) is -1.39. The van der Waals surface area contributed by atoms with Crippen LogP contribution in [0.15, 0.2) is 41.4 Å². The molecule has 1 aliphatic carbocycles. The van der Waals surface area contributed by atoms with Crippen LogP contribution < -0.4 is 29.3 Å². The summed E-state index contributed by atoms with van der Waals surface area (Å²) < 4.78 is 88.0. The van der Waals surface area contributed by atoms with Crippen LogP contribution in [0.3, 0.4) is 0 Å². The zero-order chi connectivity index (χ0) is 56.8. The monoisotopic (exact) mass is 1210 g/mol. The summed E-state index contributed by atoms with van der Waals surface area (Å²) in [6, 6.07) is 12.0. The number of rotatable bonds is 19. The topological polar surface area (TPSA) is 157 Å². The molecular formula is C59H85As2N4O11P. The molecule has 8 rings (SSSR count). The minimum Gasteiger partial charge on any atom is -0.232 e. The Morgan fingerprint density at radius 2 is 1.39 bits per heavy atom. The first-order valence-electron chi connectivity index (χ1n) is 27.6. The number of amides is 1. The van der Waals surface area contributed by atoms with Gasteiger partial charge in [0.15, 0.2) is 0 Å². The van der Waals surface area contributed by atoms with Gasteiger partial charge in [0.05, 0.1) is 12.7 Å². The van der Waals surface area contributed by atoms with Crippen molar-refractivity contribution in [1.29, 1.82) is 0 Å². The Morgan fingerprint density at radius 1 is 0.818 bits per heavy atom. The van der Waals surface area contributed by atoms with Gasteiger partial charge in [0.25, 0.3) is 8.53 Å². The zero-order valence-electron chi connectivity index (χ0n) is 49.2. The predicted molar refractivity (Wildman–Crippen MR) is 302 cm³/mol. The first kappa shape index (κ1) is 60.0. The Balaban J connectivity index is 1.17. The van der Waals surface area contributed by atoms with Crippen molar-refractivity contribution in [1.82, 2.24) is 9.99 Å². The average molecular weight is 1210 g/mol. The third-order valence-corrected chi connectivity index (χ3v) is 29.7. The number of hydrogen-bond acceptors (Lipinski definition) is 13. The summed E-state index contributed by atoms with van der Waals surface area (Å²) in [4.78, 5) is 22.6. The molecule has 1 N–H and O–H groups in total. The molecule has 4 atom stereocenters. The van der Waals surface area contributed by atoms with E-state index in [-0.39, 0.29) is 53.8 Å². The van der Waals surface area contributed by atoms with Crippen molar-refractivity contribution in [2.75, 3.05) is 32.9 Å². The number of carbonyl (C=O) groups excluding carboxylic acids is 1. The van der Waals surface area contributed by atoms with Crippen LogP contribution in [0.4, 0.5) is 0 Å². The third kappa shape index (κ3) is 10.7. The van der Waals surface area contributed by atoms with Gasteiger partial charge in [0.2, 0.25) is 6.54 Å². The van der Waals surface area contributed by atoms with Crippen LogP contribution in [0.1, 0.15) is 183 Å². The summed E-state index contributed by atoms with van der Waals surface area (Å²) in [6.07, 6.45) is 1.73. The van der Waals surface area contributed by atoms with Crippen LogP contribution in [-0.4, -0.2) is 118 Å². The molecule has 422 valence electrons. The fourth-order valence-corrected chi connectivity index (χ4v) is 24.2. The van der Waals surface area contributed by atoms with Crippen molar-refractivity contribution >= 4 is 57.1 Å². The minimum atomic E-state index is -5.14. The number of carbonyl (C=O) groups is 1. The molecule has 4 unspecified atom stereocenters. The van der Waals surface area contributed by atoms with Crippen molar-refractivity contribution in [2.24, 2.45) is 10.9 Å². The number of benzene rings is 3. The molecule has 3 aromatic carbocycles. The molecule has 0 saturated carbocycles. The fourth-order valence-electron chi connectivity index (χ4n) is 10.8. The molecule has 4 heterocycles. The van der Waals surface area contributed by atoms with Crippen molar-refractivity contribution in [3.05, 3.63) is 91.8 Å². The van der Waals surface area contributed by atoms with Gasteiger partial charge < -0.3 is 18.6 Å². The van der Waals surface area contributed by atoms with Gasteiger partial charge in [-0.05, 0) is 34.1 Å². The molecule has 2 fully saturated rings. The quantitative estimate of drug-likeness (QED) is 0.0412. The summed E-state index contributed by atoms with van der Waals surface area (Å²) in [5.74, 6) is 0.545. The SMILES string of the molecule is [C-]#[N+]CCOP(OC(CC)COCCCNC(=O)c1ccc(C2=c3cc4c(c([As]5(=O)OC(C)(C)C(C)(C)O5)c3Oc3c2cc2c(c3[As]3(=O)OC(C)(C)C(C)(C)O3)CC(C)C2(C)C)=NC(C)C4(C)C)cc1)N(C(C)C)C(C)C. The molecule has 0 spiro atoms. The zero-order valence-corrected chi connectivity index (χ0v) is 53.8. The maximum atomic E-state index is 16.0. The molecule has 18 heteroatoms. The summed E-state index contributed by atoms with van der Waals surface area (Å²) >= 11 is -10.2. The molecule has 5 aliphatic rings. The van der Waals surface area contributed by atoms with Crippen LogP contribution >= 0.6 is 8.53 Å². The van der Waals surface area contributed by atoms with Crippen LogP contribution in [0.2, 0.25) is 0 Å². The van der Waals surface area contributed by atoms with Gasteiger partial charge in [-0.3, -0.25) is 0 Å². The molecule has 1 amide bonds. The minimum absolute atomic E-state index is 0.166. The van der Waals surface area contributed by atoms with Crippen molar-refractivity contribution in [3.63, 3.8) is 0 Å². The summed E-state index contributed by atoms with van der Waals surface area (Å²) in [6.45, 7) is 47.7. The maximum absolute atomic E-state index is 16.0. The average Bonchev–Trinajstić information content (AvgIpc) is 4.11. The second-order valence-electron chi connectivity index (χ2n) is 25.3. The van der Waals surface area contributed by atoms with Crippen LogP contribution in [0, 0.1) is 12.5 Å². The third-order valence-electron chi connectivity index (χ3n) is 17.5. The molecule has 77 heavy (non-hydrogen) atoms. The Labute approximate surface area is 465 Å². The van der Waals surface area contributed by atoms with E-state index in [1.54, 1.807) is 0 Å². The predicted octanol–water partition coefficient (Wildman–Crippen LogP) is 9.38. The van der Waals surface area contributed by atoms with E-state index in [0.29, 0.717) is 75.4 Å². The number of hydrogen-bond donors (Lipinski definition) is 1. The van der Waals surface area contributed by atoms with E-state index in [9.17, 15) is 4.79 Å². The van der Waals surface area contributed by atoms with E-state index in [2.05, 4.69) is 103 Å². The molecule has 4 aliphatic heterocycles. The van der Waals surface area contributed by atoms with Gasteiger partial charge in [0.1, 0.15) is 6.61 Å². The first-order chi connectivity index (χ1) is 35.7. The largest absolute Gasteiger partial charge is 0.232 e. The number of fused-ring (bicyclic) bond motifs is 4. The van der Waals surface area contributed by atoms with E-state index in [4.69, 9.17) is 45.0 Å². The molecule has 0 aromatic heterocycles. The van der Waals surface area contributed by atoms with E-state index < -0.39 is 64.7 Å². The number of ether oxygens (including phenoxy) is 2. The Hall–Kier alpha value is -3.08. The molecule has 3 aromatic rings. The standard InChI is InChI=1S/C59H85As2N4O11P/c1-21-41(72-77(70-30-28-62-20)65(35(2)3)36(4)5)34-69-29-22-27-63-53(66)40-25-23-39(24-26-40)47-43-32-45-42(31-37(6)54(45,8)9)48(60(67)73-56(12,13)57(14,15)74-60)51(43)71-52-44(47)33-46-50(64-38(7)55(46,10)11)49(52)61(68)75-58(16,17)59(18,19)76-61/h23-26,32-33,35-38,41H,21-22,27-31,34H2,1-19H3,(H,63,66). The molecule has 15 nitrogen and oxygen atoms in total. The Morgan fingerprint density at radius 3 is 1.94 bits per heavy atom. The van der Waals surface area contributed by atoms with Crippen LogP contribution in [0.25, 0.3) is 10.4 Å². The van der Waals surface area contributed by atoms with Gasteiger partial charge in [-0.2, -0.15) is 0 Å². The van der Waals surface area contributed by atoms with Crippen molar-refractivity contribution in [3.8, 4) is 11.5 Å². The maximum Gasteiger partial charge on any atom is 0.0122 e. The smallest absolute Gasteiger partial charge is 0.0122 e. The van der Waals surface area contributed by atoms with Gasteiger partial charge in [-0.15, -0.1) is 0 Å². The second-order valence-corrected chi connectivity index (χ2v) is 34.3. The van der Waals surface area contributed by atoms with Crippen LogP contribution in [-0.2, 0) is 53.4 Å². The first-order valence-corrected chi connectivity index (χ1v) is 35.2. The van der Waals surface area contributed by atoms with E-state index >= 15 is 7.48 Å². The van der Waals surface area contributed by atoms with E-state index in [1.807, 2.05) is 79.7 Å². The van der Waals surface area contributed by atoms with Crippen molar-refractivity contribution < 1.29 is 45.7 Å².